The summed E-state index contributed by atoms with van der Waals surface area (Å²) in [7, 11) is 0. The minimum Gasteiger partial charge on any atom is -0.330 e. The Balaban J connectivity index is 0. The summed E-state index contributed by atoms with van der Waals surface area (Å²) < 4.78 is 36.4. The number of hydrogen-bond donors (Lipinski definition) is 1. The molecular formula is C8H11Cl2F3N2. The monoisotopic (exact) mass is 262 g/mol. The summed E-state index contributed by atoms with van der Waals surface area (Å²) in [5, 5.41) is 0. The van der Waals surface area contributed by atoms with Gasteiger partial charge in [0.1, 0.15) is 0 Å². The van der Waals surface area contributed by atoms with E-state index in [-0.39, 0.29) is 24.8 Å². The molecule has 0 spiro atoms. The largest absolute Gasteiger partial charge is 0.416 e. The van der Waals surface area contributed by atoms with Crippen molar-refractivity contribution in [3.8, 4) is 0 Å². The smallest absolute Gasteiger partial charge is 0.330 e. The van der Waals surface area contributed by atoms with Crippen LogP contribution < -0.4 is 5.73 Å². The predicted molar refractivity (Wildman–Crippen MR) is 56.5 cm³/mol. The Morgan fingerprint density at radius 2 is 1.87 bits per heavy atom. The normalized spacial score (nSPS) is 10.1. The van der Waals surface area contributed by atoms with Gasteiger partial charge in [-0.25, -0.2) is 0 Å². The zero-order chi connectivity index (χ0) is 9.90. The van der Waals surface area contributed by atoms with Crippen molar-refractivity contribution in [1.29, 1.82) is 0 Å². The third-order valence-electron chi connectivity index (χ3n) is 1.54. The fraction of sp³-hybridized carbons (Fsp3) is 0.375. The number of halogens is 5. The second kappa shape index (κ2) is 6.87. The van der Waals surface area contributed by atoms with Crippen molar-refractivity contribution in [3.63, 3.8) is 0 Å². The lowest BCUT2D eigenvalue weighted by Crippen LogP contribution is -2.09. The molecule has 15 heavy (non-hydrogen) atoms. The van der Waals surface area contributed by atoms with Crippen LogP contribution in [0.1, 0.15) is 11.3 Å². The third kappa shape index (κ3) is 5.20. The van der Waals surface area contributed by atoms with Gasteiger partial charge < -0.3 is 5.73 Å². The number of pyridine rings is 1. The van der Waals surface area contributed by atoms with E-state index in [1.807, 2.05) is 0 Å². The van der Waals surface area contributed by atoms with Gasteiger partial charge in [0.05, 0.1) is 5.56 Å². The number of nitrogens with two attached hydrogens (primary N) is 1. The van der Waals surface area contributed by atoms with Crippen molar-refractivity contribution in [1.82, 2.24) is 4.98 Å². The van der Waals surface area contributed by atoms with E-state index >= 15 is 0 Å². The zero-order valence-electron chi connectivity index (χ0n) is 7.62. The highest BCUT2D eigenvalue weighted by Gasteiger charge is 2.30. The molecule has 0 atom stereocenters. The van der Waals surface area contributed by atoms with Crippen LogP contribution >= 0.6 is 24.8 Å². The molecule has 2 nitrogen and oxygen atoms in total. The molecule has 0 radical (unpaired) electrons. The minimum absolute atomic E-state index is 0. The molecule has 1 aromatic rings. The van der Waals surface area contributed by atoms with Crippen molar-refractivity contribution in [2.24, 2.45) is 5.73 Å². The summed E-state index contributed by atoms with van der Waals surface area (Å²) in [6, 6.07) is 1.97. The van der Waals surface area contributed by atoms with Crippen molar-refractivity contribution in [3.05, 3.63) is 29.6 Å². The van der Waals surface area contributed by atoms with Crippen LogP contribution in [0.3, 0.4) is 0 Å². The quantitative estimate of drug-likeness (QED) is 0.890. The zero-order valence-corrected chi connectivity index (χ0v) is 9.25. The molecule has 0 unspecified atom stereocenters. The highest BCUT2D eigenvalue weighted by atomic mass is 35.5. The molecule has 0 aliphatic carbocycles. The molecule has 7 heteroatoms. The summed E-state index contributed by atoms with van der Waals surface area (Å²) in [5.74, 6) is 0. The molecule has 1 heterocycles. The van der Waals surface area contributed by atoms with E-state index in [1.54, 1.807) is 0 Å². The first kappa shape index (κ1) is 16.9. The Labute approximate surface area is 97.9 Å². The Hall–Kier alpha value is -0.520. The standard InChI is InChI=1S/C8H9F3N2.2ClH/c9-8(10,11)6-2-4-13-7(5-6)1-3-12;;/h2,4-5H,1,3,12H2;2*1H. The van der Waals surface area contributed by atoms with Gasteiger partial charge in [0.15, 0.2) is 0 Å². The van der Waals surface area contributed by atoms with Crippen LogP contribution in [-0.2, 0) is 12.6 Å². The van der Waals surface area contributed by atoms with Crippen LogP contribution in [0.2, 0.25) is 0 Å². The van der Waals surface area contributed by atoms with Crippen LogP contribution in [0.4, 0.5) is 13.2 Å². The van der Waals surface area contributed by atoms with Gasteiger partial charge in [-0.1, -0.05) is 0 Å². The lowest BCUT2D eigenvalue weighted by molar-refractivity contribution is -0.137. The summed E-state index contributed by atoms with van der Waals surface area (Å²) in [4.78, 5) is 3.76. The van der Waals surface area contributed by atoms with Gasteiger partial charge in [-0.3, -0.25) is 4.98 Å². The van der Waals surface area contributed by atoms with Crippen molar-refractivity contribution in [2.45, 2.75) is 12.6 Å². The van der Waals surface area contributed by atoms with E-state index < -0.39 is 11.7 Å². The Kier molecular flexibility index (Phi) is 7.74. The molecule has 88 valence electrons. The predicted octanol–water partition coefficient (Wildman–Crippen LogP) is 2.45. The molecule has 0 aliphatic heterocycles. The van der Waals surface area contributed by atoms with Crippen molar-refractivity contribution in [2.75, 3.05) is 6.54 Å². The number of hydrogen-bond acceptors (Lipinski definition) is 2. The van der Waals surface area contributed by atoms with Gasteiger partial charge in [0, 0.05) is 18.3 Å². The van der Waals surface area contributed by atoms with E-state index in [0.29, 0.717) is 18.7 Å². The maximum atomic E-state index is 12.1. The van der Waals surface area contributed by atoms with Gasteiger partial charge in [-0.15, -0.1) is 24.8 Å². The second-order valence-electron chi connectivity index (χ2n) is 2.57. The first-order chi connectivity index (χ1) is 6.04. The molecule has 0 fully saturated rings. The number of aromatic nitrogens is 1. The first-order valence-corrected chi connectivity index (χ1v) is 3.76. The van der Waals surface area contributed by atoms with Crippen LogP contribution in [0.15, 0.2) is 18.3 Å². The second-order valence-corrected chi connectivity index (χ2v) is 2.57. The van der Waals surface area contributed by atoms with Crippen LogP contribution in [-0.4, -0.2) is 11.5 Å². The summed E-state index contributed by atoms with van der Waals surface area (Å²) >= 11 is 0. The highest BCUT2D eigenvalue weighted by Crippen LogP contribution is 2.28. The Morgan fingerprint density at radius 3 is 2.33 bits per heavy atom. The van der Waals surface area contributed by atoms with E-state index in [9.17, 15) is 13.2 Å². The van der Waals surface area contributed by atoms with E-state index in [0.717, 1.165) is 18.3 Å². The molecule has 1 aromatic heterocycles. The van der Waals surface area contributed by atoms with Crippen LogP contribution in [0.25, 0.3) is 0 Å². The molecule has 0 aromatic carbocycles. The Morgan fingerprint density at radius 1 is 1.27 bits per heavy atom. The van der Waals surface area contributed by atoms with Gasteiger partial charge in [0.25, 0.3) is 0 Å². The van der Waals surface area contributed by atoms with Crippen LogP contribution in [0, 0.1) is 0 Å². The van der Waals surface area contributed by atoms with E-state index in [2.05, 4.69) is 4.98 Å². The van der Waals surface area contributed by atoms with Gasteiger partial charge >= 0.3 is 6.18 Å². The van der Waals surface area contributed by atoms with Gasteiger partial charge in [-0.05, 0) is 18.7 Å². The van der Waals surface area contributed by atoms with E-state index in [1.165, 1.54) is 0 Å². The molecule has 2 N–H and O–H groups in total. The Bertz CT molecular complexity index is 291. The summed E-state index contributed by atoms with van der Waals surface area (Å²) in [6.07, 6.45) is -2.79. The lowest BCUT2D eigenvalue weighted by atomic mass is 10.2. The molecule has 0 amide bonds. The van der Waals surface area contributed by atoms with Crippen molar-refractivity contribution >= 4 is 24.8 Å². The number of rotatable bonds is 2. The van der Waals surface area contributed by atoms with Gasteiger partial charge in [-0.2, -0.15) is 13.2 Å². The van der Waals surface area contributed by atoms with Gasteiger partial charge in [0.2, 0.25) is 0 Å². The lowest BCUT2D eigenvalue weighted by Gasteiger charge is -2.06. The number of nitrogens with zero attached hydrogens (tertiary/aromatic N) is 1. The average Bonchev–Trinajstić information content (AvgIpc) is 2.04. The fourth-order valence-corrected chi connectivity index (χ4v) is 0.939. The van der Waals surface area contributed by atoms with Crippen LogP contribution in [0.5, 0.6) is 0 Å². The molecule has 1 rings (SSSR count). The topological polar surface area (TPSA) is 38.9 Å². The van der Waals surface area contributed by atoms with Crippen molar-refractivity contribution < 1.29 is 13.2 Å². The summed E-state index contributed by atoms with van der Waals surface area (Å²) in [6.45, 7) is 0.300. The average molecular weight is 263 g/mol. The third-order valence-corrected chi connectivity index (χ3v) is 1.54. The first-order valence-electron chi connectivity index (χ1n) is 3.76. The fourth-order valence-electron chi connectivity index (χ4n) is 0.939. The molecule has 0 aliphatic rings. The maximum absolute atomic E-state index is 12.1. The summed E-state index contributed by atoms with van der Waals surface area (Å²) in [5.41, 5.74) is 4.90. The molecule has 0 saturated carbocycles. The SMILES string of the molecule is Cl.Cl.NCCc1cc(C(F)(F)F)ccn1. The molecular weight excluding hydrogens is 252 g/mol. The molecule has 0 bridgehead atoms. The molecule has 0 saturated heterocycles. The van der Waals surface area contributed by atoms with E-state index in [4.69, 9.17) is 5.73 Å². The number of alkyl halides is 3. The highest BCUT2D eigenvalue weighted by molar-refractivity contribution is 5.85. The minimum atomic E-state index is -4.30. The maximum Gasteiger partial charge on any atom is 0.416 e.